The van der Waals surface area contributed by atoms with Crippen LogP contribution >= 0.6 is 0 Å². The molecule has 2 aromatic carbocycles. The number of aromatic nitrogens is 1. The fraction of sp³-hybridized carbons (Fsp3) is 0.250. The van der Waals surface area contributed by atoms with Crippen LogP contribution in [0.25, 0.3) is 11.1 Å². The molecule has 0 atom stereocenters. The summed E-state index contributed by atoms with van der Waals surface area (Å²) in [7, 11) is 7.50. The third-order valence-electron chi connectivity index (χ3n) is 4.69. The molecule has 5 nitrogen and oxygen atoms in total. The number of methoxy groups -OCH3 is 1. The van der Waals surface area contributed by atoms with E-state index in [2.05, 4.69) is 22.0 Å². The van der Waals surface area contributed by atoms with E-state index in [1.165, 1.54) is 5.56 Å². The highest BCUT2D eigenvalue weighted by Crippen LogP contribution is 2.26. The lowest BCUT2D eigenvalue weighted by Gasteiger charge is -2.20. The van der Waals surface area contributed by atoms with E-state index in [1.807, 2.05) is 62.6 Å². The Morgan fingerprint density at radius 3 is 2.52 bits per heavy atom. The molecule has 0 aliphatic heterocycles. The maximum absolute atomic E-state index is 13.2. The van der Waals surface area contributed by atoms with Crippen LogP contribution in [0.1, 0.15) is 21.6 Å². The smallest absolute Gasteiger partial charge is 0.273 e. The summed E-state index contributed by atoms with van der Waals surface area (Å²) in [6.07, 6.45) is 1.66. The van der Waals surface area contributed by atoms with E-state index in [0.717, 1.165) is 29.0 Å². The van der Waals surface area contributed by atoms with Gasteiger partial charge in [-0.25, -0.2) is 0 Å². The molecule has 0 saturated carbocycles. The number of carbonyl (C=O) groups is 1. The minimum Gasteiger partial charge on any atom is -0.496 e. The van der Waals surface area contributed by atoms with Gasteiger partial charge < -0.3 is 14.5 Å². The van der Waals surface area contributed by atoms with Gasteiger partial charge in [0.1, 0.15) is 11.4 Å². The number of carbonyl (C=O) groups excluding carboxylic acids is 1. The number of pyridine rings is 1. The number of benzene rings is 2. The van der Waals surface area contributed by atoms with Crippen molar-refractivity contribution in [2.45, 2.75) is 13.1 Å². The Morgan fingerprint density at radius 1 is 0.966 bits per heavy atom. The molecule has 0 N–H and O–H groups in total. The molecule has 1 heterocycles. The van der Waals surface area contributed by atoms with Gasteiger partial charge in [0, 0.05) is 37.5 Å². The van der Waals surface area contributed by atoms with Crippen LogP contribution in [0.3, 0.4) is 0 Å². The van der Waals surface area contributed by atoms with Gasteiger partial charge in [0.2, 0.25) is 0 Å². The van der Waals surface area contributed by atoms with Crippen molar-refractivity contribution in [3.63, 3.8) is 0 Å². The number of ether oxygens (including phenoxy) is 1. The van der Waals surface area contributed by atoms with Gasteiger partial charge in [0.25, 0.3) is 5.91 Å². The molecular formula is C24H27N3O2. The fourth-order valence-corrected chi connectivity index (χ4v) is 3.35. The first-order chi connectivity index (χ1) is 14.0. The van der Waals surface area contributed by atoms with Crippen molar-refractivity contribution in [1.82, 2.24) is 14.8 Å². The lowest BCUT2D eigenvalue weighted by Crippen LogP contribution is -2.27. The largest absolute Gasteiger partial charge is 0.496 e. The Morgan fingerprint density at radius 2 is 1.76 bits per heavy atom. The summed E-state index contributed by atoms with van der Waals surface area (Å²) in [4.78, 5) is 21.4. The number of hydrogen-bond acceptors (Lipinski definition) is 4. The maximum Gasteiger partial charge on any atom is 0.273 e. The Bertz CT molecular complexity index is 985. The van der Waals surface area contributed by atoms with Crippen molar-refractivity contribution < 1.29 is 9.53 Å². The Kier molecular flexibility index (Phi) is 6.62. The highest BCUT2D eigenvalue weighted by molar-refractivity contribution is 5.98. The zero-order chi connectivity index (χ0) is 20.8. The van der Waals surface area contributed by atoms with Crippen LogP contribution in [0.5, 0.6) is 5.75 Å². The van der Waals surface area contributed by atoms with Crippen LogP contribution in [0.4, 0.5) is 0 Å². The first kappa shape index (κ1) is 20.6. The fourth-order valence-electron chi connectivity index (χ4n) is 3.35. The highest BCUT2D eigenvalue weighted by Gasteiger charge is 2.19. The van der Waals surface area contributed by atoms with Crippen LogP contribution in [-0.4, -0.2) is 48.9 Å². The van der Waals surface area contributed by atoms with E-state index in [9.17, 15) is 4.79 Å². The number of amides is 1. The van der Waals surface area contributed by atoms with Gasteiger partial charge in [-0.1, -0.05) is 42.5 Å². The van der Waals surface area contributed by atoms with Crippen molar-refractivity contribution >= 4 is 5.91 Å². The van der Waals surface area contributed by atoms with E-state index >= 15 is 0 Å². The summed E-state index contributed by atoms with van der Waals surface area (Å²) in [6, 6.07) is 19.8. The summed E-state index contributed by atoms with van der Waals surface area (Å²) in [6.45, 7) is 1.28. The topological polar surface area (TPSA) is 45.7 Å². The highest BCUT2D eigenvalue weighted by atomic mass is 16.5. The molecule has 1 amide bonds. The quantitative estimate of drug-likeness (QED) is 0.611. The van der Waals surface area contributed by atoms with Crippen LogP contribution < -0.4 is 4.74 Å². The summed E-state index contributed by atoms with van der Waals surface area (Å²) in [5, 5.41) is 0. The summed E-state index contributed by atoms with van der Waals surface area (Å²) < 4.78 is 5.41. The van der Waals surface area contributed by atoms with Crippen molar-refractivity contribution in [3.05, 3.63) is 83.7 Å². The average molecular weight is 389 g/mol. The number of rotatable bonds is 7. The molecule has 150 valence electrons. The van der Waals surface area contributed by atoms with Crippen LogP contribution in [0.2, 0.25) is 0 Å². The predicted octanol–water partition coefficient (Wildman–Crippen LogP) is 4.09. The molecule has 0 spiro atoms. The molecule has 0 aliphatic rings. The molecule has 1 aromatic heterocycles. The minimum absolute atomic E-state index is 0.121. The zero-order valence-corrected chi connectivity index (χ0v) is 17.4. The molecule has 3 rings (SSSR count). The van der Waals surface area contributed by atoms with Gasteiger partial charge in [-0.05, 0) is 43.4 Å². The molecule has 0 unspecified atom stereocenters. The van der Waals surface area contributed by atoms with E-state index < -0.39 is 0 Å². The standard InChI is InChI=1S/C24H27N3O2/c1-26(2)16-18-9-7-11-19(15-18)21-12-8-14-25-23(21)24(28)27(3)17-20-10-5-6-13-22(20)29-4/h5-15H,16-17H2,1-4H3. The third-order valence-corrected chi connectivity index (χ3v) is 4.69. The van der Waals surface area contributed by atoms with Gasteiger partial charge in [0.05, 0.1) is 7.11 Å². The molecule has 29 heavy (non-hydrogen) atoms. The van der Waals surface area contributed by atoms with Crippen molar-refractivity contribution in [2.75, 3.05) is 28.3 Å². The monoisotopic (exact) mass is 389 g/mol. The van der Waals surface area contributed by atoms with Crippen LogP contribution in [-0.2, 0) is 13.1 Å². The van der Waals surface area contributed by atoms with Gasteiger partial charge in [-0.3, -0.25) is 9.78 Å². The maximum atomic E-state index is 13.2. The second-order valence-corrected chi connectivity index (χ2v) is 7.31. The second kappa shape index (κ2) is 9.34. The lowest BCUT2D eigenvalue weighted by molar-refractivity contribution is 0.0779. The first-order valence-electron chi connectivity index (χ1n) is 9.56. The van der Waals surface area contributed by atoms with Gasteiger partial charge in [-0.15, -0.1) is 0 Å². The molecule has 0 bridgehead atoms. The molecule has 0 aliphatic carbocycles. The molecule has 3 aromatic rings. The summed E-state index contributed by atoms with van der Waals surface area (Å²) in [5.41, 5.74) is 4.43. The van der Waals surface area contributed by atoms with Crippen molar-refractivity contribution in [1.29, 1.82) is 0 Å². The molecule has 0 saturated heterocycles. The lowest BCUT2D eigenvalue weighted by atomic mass is 10.0. The number of para-hydroxylation sites is 1. The van der Waals surface area contributed by atoms with Gasteiger partial charge in [-0.2, -0.15) is 0 Å². The predicted molar refractivity (Wildman–Crippen MR) is 116 cm³/mol. The normalized spacial score (nSPS) is 10.8. The SMILES string of the molecule is COc1ccccc1CN(C)C(=O)c1ncccc1-c1cccc(CN(C)C)c1. The molecule has 0 fully saturated rings. The van der Waals surface area contributed by atoms with Crippen LogP contribution in [0.15, 0.2) is 66.9 Å². The Labute approximate surface area is 172 Å². The minimum atomic E-state index is -0.121. The van der Waals surface area contributed by atoms with E-state index in [0.29, 0.717) is 12.2 Å². The molecule has 5 heteroatoms. The molecular weight excluding hydrogens is 362 g/mol. The first-order valence-corrected chi connectivity index (χ1v) is 9.56. The Hall–Kier alpha value is -3.18. The third kappa shape index (κ3) is 5.00. The number of nitrogens with zero attached hydrogens (tertiary/aromatic N) is 3. The second-order valence-electron chi connectivity index (χ2n) is 7.31. The van der Waals surface area contributed by atoms with E-state index in [1.54, 1.807) is 25.3 Å². The molecule has 0 radical (unpaired) electrons. The van der Waals surface area contributed by atoms with Crippen molar-refractivity contribution in [2.24, 2.45) is 0 Å². The van der Waals surface area contributed by atoms with E-state index in [4.69, 9.17) is 4.74 Å². The summed E-state index contributed by atoms with van der Waals surface area (Å²) in [5.74, 6) is 0.647. The Balaban J connectivity index is 1.89. The zero-order valence-electron chi connectivity index (χ0n) is 17.4. The van der Waals surface area contributed by atoms with Crippen LogP contribution in [0, 0.1) is 0 Å². The van der Waals surface area contributed by atoms with Crippen molar-refractivity contribution in [3.8, 4) is 16.9 Å². The summed E-state index contributed by atoms with van der Waals surface area (Å²) >= 11 is 0. The average Bonchev–Trinajstić information content (AvgIpc) is 2.73. The van der Waals surface area contributed by atoms with E-state index in [-0.39, 0.29) is 5.91 Å². The van der Waals surface area contributed by atoms with Gasteiger partial charge in [0.15, 0.2) is 0 Å². The van der Waals surface area contributed by atoms with Gasteiger partial charge >= 0.3 is 0 Å². The number of hydrogen-bond donors (Lipinski definition) is 0.